The second kappa shape index (κ2) is 5.06. The van der Waals surface area contributed by atoms with Crippen LogP contribution in [0, 0.1) is 0 Å². The first-order valence-corrected chi connectivity index (χ1v) is 6.64. The van der Waals surface area contributed by atoms with Crippen molar-refractivity contribution in [1.29, 1.82) is 0 Å². The quantitative estimate of drug-likeness (QED) is 0.804. The standard InChI is InChI=1S/C14H15BrN2O/c1-9(2)13-6-7-17(16-13)14-5-4-11(10(3)18)8-12(14)15/h4-9H,1-3H3. The molecular weight excluding hydrogens is 292 g/mol. The highest BCUT2D eigenvalue weighted by molar-refractivity contribution is 9.10. The fourth-order valence-electron chi connectivity index (χ4n) is 1.69. The van der Waals surface area contributed by atoms with E-state index >= 15 is 0 Å². The number of ketones is 1. The molecule has 3 nitrogen and oxygen atoms in total. The van der Waals surface area contributed by atoms with Gasteiger partial charge in [0.25, 0.3) is 0 Å². The van der Waals surface area contributed by atoms with E-state index in [-0.39, 0.29) is 5.78 Å². The zero-order chi connectivity index (χ0) is 13.3. The lowest BCUT2D eigenvalue weighted by molar-refractivity contribution is 0.101. The van der Waals surface area contributed by atoms with E-state index in [4.69, 9.17) is 0 Å². The van der Waals surface area contributed by atoms with Crippen LogP contribution in [0.15, 0.2) is 34.9 Å². The number of carbonyl (C=O) groups is 1. The minimum absolute atomic E-state index is 0.0607. The van der Waals surface area contributed by atoms with Gasteiger partial charge < -0.3 is 0 Å². The zero-order valence-electron chi connectivity index (χ0n) is 10.6. The van der Waals surface area contributed by atoms with E-state index in [1.54, 1.807) is 6.92 Å². The van der Waals surface area contributed by atoms with Crippen molar-refractivity contribution in [3.63, 3.8) is 0 Å². The maximum atomic E-state index is 11.3. The Kier molecular flexibility index (Phi) is 3.66. The van der Waals surface area contributed by atoms with Crippen molar-refractivity contribution < 1.29 is 4.79 Å². The molecule has 0 fully saturated rings. The predicted molar refractivity (Wildman–Crippen MR) is 75.4 cm³/mol. The first kappa shape index (κ1) is 13.0. The lowest BCUT2D eigenvalue weighted by atomic mass is 10.1. The Morgan fingerprint density at radius 2 is 2.06 bits per heavy atom. The van der Waals surface area contributed by atoms with Gasteiger partial charge in [-0.3, -0.25) is 4.79 Å². The molecule has 0 atom stereocenters. The summed E-state index contributed by atoms with van der Waals surface area (Å²) in [4.78, 5) is 11.3. The van der Waals surface area contributed by atoms with Gasteiger partial charge in [0.15, 0.2) is 5.78 Å². The molecule has 1 aromatic heterocycles. The summed E-state index contributed by atoms with van der Waals surface area (Å²) in [6, 6.07) is 7.56. The Balaban J connectivity index is 2.41. The monoisotopic (exact) mass is 306 g/mol. The lowest BCUT2D eigenvalue weighted by Crippen LogP contribution is -2.00. The molecule has 0 aliphatic heterocycles. The Morgan fingerprint density at radius 3 is 2.56 bits per heavy atom. The first-order valence-electron chi connectivity index (χ1n) is 5.85. The molecule has 2 aromatic rings. The normalized spacial score (nSPS) is 10.9. The van der Waals surface area contributed by atoms with E-state index < -0.39 is 0 Å². The molecule has 0 N–H and O–H groups in total. The summed E-state index contributed by atoms with van der Waals surface area (Å²) in [6.45, 7) is 5.79. The van der Waals surface area contributed by atoms with Crippen molar-refractivity contribution in [2.75, 3.05) is 0 Å². The van der Waals surface area contributed by atoms with Crippen molar-refractivity contribution in [1.82, 2.24) is 9.78 Å². The second-order valence-electron chi connectivity index (χ2n) is 4.56. The predicted octanol–water partition coefficient (Wildman–Crippen LogP) is 3.96. The van der Waals surface area contributed by atoms with Crippen LogP contribution in [0.1, 0.15) is 42.7 Å². The number of carbonyl (C=O) groups excluding carboxylic acids is 1. The van der Waals surface area contributed by atoms with Crippen LogP contribution in [0.2, 0.25) is 0 Å². The van der Waals surface area contributed by atoms with Crippen LogP contribution in [-0.2, 0) is 0 Å². The van der Waals surface area contributed by atoms with Crippen molar-refractivity contribution in [3.8, 4) is 5.69 Å². The summed E-state index contributed by atoms with van der Waals surface area (Å²) in [7, 11) is 0. The molecule has 0 spiro atoms. The molecule has 0 unspecified atom stereocenters. The van der Waals surface area contributed by atoms with Gasteiger partial charge in [-0.15, -0.1) is 0 Å². The molecule has 1 aromatic carbocycles. The fourth-order valence-corrected chi connectivity index (χ4v) is 2.25. The van der Waals surface area contributed by atoms with Crippen LogP contribution >= 0.6 is 15.9 Å². The molecule has 1 heterocycles. The van der Waals surface area contributed by atoms with Crippen molar-refractivity contribution in [2.45, 2.75) is 26.7 Å². The molecule has 0 radical (unpaired) electrons. The van der Waals surface area contributed by atoms with Gasteiger partial charge in [-0.2, -0.15) is 5.10 Å². The highest BCUT2D eigenvalue weighted by Crippen LogP contribution is 2.23. The van der Waals surface area contributed by atoms with Gasteiger partial charge in [-0.1, -0.05) is 13.8 Å². The van der Waals surface area contributed by atoms with Gasteiger partial charge in [0.05, 0.1) is 11.4 Å². The van der Waals surface area contributed by atoms with Gasteiger partial charge in [0.2, 0.25) is 0 Å². The summed E-state index contributed by atoms with van der Waals surface area (Å²) < 4.78 is 2.69. The number of nitrogens with zero attached hydrogens (tertiary/aromatic N) is 2. The molecule has 0 bridgehead atoms. The minimum Gasteiger partial charge on any atom is -0.295 e. The molecule has 0 saturated heterocycles. The van der Waals surface area contributed by atoms with Gasteiger partial charge in [0, 0.05) is 16.2 Å². The van der Waals surface area contributed by atoms with Crippen LogP contribution in [0.5, 0.6) is 0 Å². The SMILES string of the molecule is CC(=O)c1ccc(-n2ccc(C(C)C)n2)c(Br)c1. The maximum absolute atomic E-state index is 11.3. The Labute approximate surface area is 115 Å². The van der Waals surface area contributed by atoms with Crippen LogP contribution in [0.25, 0.3) is 5.69 Å². The average molecular weight is 307 g/mol. The lowest BCUT2D eigenvalue weighted by Gasteiger charge is -2.06. The van der Waals surface area contributed by atoms with Gasteiger partial charge in [-0.25, -0.2) is 4.68 Å². The molecule has 2 rings (SSSR count). The zero-order valence-corrected chi connectivity index (χ0v) is 12.2. The van der Waals surface area contributed by atoms with Gasteiger partial charge in [0.1, 0.15) is 0 Å². The first-order chi connectivity index (χ1) is 8.49. The smallest absolute Gasteiger partial charge is 0.159 e. The summed E-state index contributed by atoms with van der Waals surface area (Å²) in [6.07, 6.45) is 1.93. The van der Waals surface area contributed by atoms with Gasteiger partial charge in [-0.05, 0) is 53.0 Å². The number of rotatable bonds is 3. The highest BCUT2D eigenvalue weighted by Gasteiger charge is 2.09. The van der Waals surface area contributed by atoms with E-state index in [1.165, 1.54) is 0 Å². The van der Waals surface area contributed by atoms with E-state index in [0.717, 1.165) is 15.9 Å². The molecule has 4 heteroatoms. The largest absolute Gasteiger partial charge is 0.295 e. The second-order valence-corrected chi connectivity index (χ2v) is 5.42. The molecule has 94 valence electrons. The summed E-state index contributed by atoms with van der Waals surface area (Å²) in [5, 5.41) is 4.52. The number of halogens is 1. The number of hydrogen-bond donors (Lipinski definition) is 0. The number of benzene rings is 1. The molecule has 0 amide bonds. The van der Waals surface area contributed by atoms with E-state index in [2.05, 4.69) is 34.9 Å². The third kappa shape index (κ3) is 2.53. The highest BCUT2D eigenvalue weighted by atomic mass is 79.9. The van der Waals surface area contributed by atoms with Gasteiger partial charge >= 0.3 is 0 Å². The van der Waals surface area contributed by atoms with E-state index in [9.17, 15) is 4.79 Å². The van der Waals surface area contributed by atoms with Crippen LogP contribution in [0.3, 0.4) is 0 Å². The van der Waals surface area contributed by atoms with Crippen molar-refractivity contribution >= 4 is 21.7 Å². The van der Waals surface area contributed by atoms with E-state index in [1.807, 2.05) is 35.1 Å². The Morgan fingerprint density at radius 1 is 1.33 bits per heavy atom. The molecule has 0 saturated carbocycles. The van der Waals surface area contributed by atoms with E-state index in [0.29, 0.717) is 11.5 Å². The summed E-state index contributed by atoms with van der Waals surface area (Å²) >= 11 is 3.49. The number of hydrogen-bond acceptors (Lipinski definition) is 2. The van der Waals surface area contributed by atoms with Crippen molar-refractivity contribution in [2.24, 2.45) is 0 Å². The van der Waals surface area contributed by atoms with Crippen molar-refractivity contribution in [3.05, 3.63) is 46.2 Å². The summed E-state index contributed by atoms with van der Waals surface area (Å²) in [5.74, 6) is 0.465. The van der Waals surface area contributed by atoms with Crippen LogP contribution in [0.4, 0.5) is 0 Å². The molecule has 18 heavy (non-hydrogen) atoms. The van der Waals surface area contributed by atoms with Crippen LogP contribution < -0.4 is 0 Å². The Hall–Kier alpha value is -1.42. The molecular formula is C14H15BrN2O. The molecule has 0 aliphatic rings. The third-order valence-corrected chi connectivity index (χ3v) is 3.44. The topological polar surface area (TPSA) is 34.9 Å². The third-order valence-electron chi connectivity index (χ3n) is 2.80. The van der Waals surface area contributed by atoms with Crippen LogP contribution in [-0.4, -0.2) is 15.6 Å². The minimum atomic E-state index is 0.0607. The fraction of sp³-hybridized carbons (Fsp3) is 0.286. The number of Topliss-reactive ketones (excluding diaryl/α,β-unsaturated/α-hetero) is 1. The maximum Gasteiger partial charge on any atom is 0.159 e. The average Bonchev–Trinajstić information content (AvgIpc) is 2.78. The number of aromatic nitrogens is 2. The summed E-state index contributed by atoms with van der Waals surface area (Å²) in [5.41, 5.74) is 2.69. The molecule has 0 aliphatic carbocycles. The Bertz CT molecular complexity index is 587.